The molecule has 2 aromatic heterocycles. The number of halogens is 1. The Labute approximate surface area is 197 Å². The summed E-state index contributed by atoms with van der Waals surface area (Å²) in [4.78, 5) is 38.4. The van der Waals surface area contributed by atoms with Crippen molar-refractivity contribution in [2.45, 2.75) is 20.4 Å². The molecule has 0 bridgehead atoms. The maximum atomic E-state index is 12.9. The van der Waals surface area contributed by atoms with Crippen molar-refractivity contribution in [1.29, 1.82) is 0 Å². The molecule has 0 spiro atoms. The van der Waals surface area contributed by atoms with E-state index in [1.807, 2.05) is 44.2 Å². The number of furan rings is 1. The van der Waals surface area contributed by atoms with Crippen molar-refractivity contribution >= 4 is 50.9 Å². The second kappa shape index (κ2) is 8.84. The van der Waals surface area contributed by atoms with Crippen LogP contribution in [0.2, 0.25) is 0 Å². The molecule has 32 heavy (non-hydrogen) atoms. The van der Waals surface area contributed by atoms with Gasteiger partial charge in [-0.3, -0.25) is 14.5 Å². The van der Waals surface area contributed by atoms with Crippen LogP contribution in [0.15, 0.2) is 56.3 Å². The minimum absolute atomic E-state index is 0.0189. The Morgan fingerprint density at radius 2 is 1.88 bits per heavy atom. The van der Waals surface area contributed by atoms with Gasteiger partial charge in [0.1, 0.15) is 5.76 Å². The summed E-state index contributed by atoms with van der Waals surface area (Å²) >= 11 is 4.33. The van der Waals surface area contributed by atoms with Gasteiger partial charge < -0.3 is 13.7 Å². The molecule has 0 aliphatic carbocycles. The third-order valence-electron chi connectivity index (χ3n) is 5.08. The van der Waals surface area contributed by atoms with Gasteiger partial charge in [-0.05, 0) is 79.7 Å². The van der Waals surface area contributed by atoms with Crippen molar-refractivity contribution < 1.29 is 23.5 Å². The highest BCUT2D eigenvalue weighted by atomic mass is 79.9. The first kappa shape index (κ1) is 22.2. The fourth-order valence-corrected chi connectivity index (χ4v) is 4.62. The highest BCUT2D eigenvalue weighted by molar-refractivity contribution is 9.10. The van der Waals surface area contributed by atoms with E-state index < -0.39 is 11.9 Å². The quantitative estimate of drug-likeness (QED) is 0.331. The number of amides is 2. The number of methoxy groups -OCH3 is 1. The Hall–Kier alpha value is -3.04. The molecule has 0 atom stereocenters. The number of thioether (sulfide) groups is 1. The van der Waals surface area contributed by atoms with Crippen LogP contribution in [0.4, 0.5) is 4.79 Å². The van der Waals surface area contributed by atoms with Gasteiger partial charge in [-0.2, -0.15) is 0 Å². The summed E-state index contributed by atoms with van der Waals surface area (Å²) in [5.41, 5.74) is 3.85. The SMILES string of the molecule is COC(=O)c1ccc(CN2C(=O)S/C(=C\c3cc(C)n(-c4ccc(Br)cc4)c3C)C2=O)o1. The summed E-state index contributed by atoms with van der Waals surface area (Å²) in [7, 11) is 1.25. The molecule has 3 aromatic rings. The molecule has 7 nitrogen and oxygen atoms in total. The molecule has 0 unspecified atom stereocenters. The smallest absolute Gasteiger partial charge is 0.373 e. The van der Waals surface area contributed by atoms with Gasteiger partial charge in [0, 0.05) is 21.5 Å². The van der Waals surface area contributed by atoms with Crippen LogP contribution in [0, 0.1) is 13.8 Å². The van der Waals surface area contributed by atoms with Gasteiger partial charge in [0.25, 0.3) is 11.1 Å². The van der Waals surface area contributed by atoms with Crippen molar-refractivity contribution in [3.8, 4) is 5.69 Å². The van der Waals surface area contributed by atoms with E-state index in [1.165, 1.54) is 13.2 Å². The Morgan fingerprint density at radius 1 is 1.16 bits per heavy atom. The second-order valence-electron chi connectivity index (χ2n) is 7.16. The zero-order chi connectivity index (χ0) is 23.0. The molecular formula is C23H19BrN2O5S. The average Bonchev–Trinajstić information content (AvgIpc) is 3.42. The van der Waals surface area contributed by atoms with Crippen LogP contribution in [0.3, 0.4) is 0 Å². The number of rotatable bonds is 5. The molecule has 4 rings (SSSR count). The Kier molecular flexibility index (Phi) is 6.12. The minimum Gasteiger partial charge on any atom is -0.463 e. The summed E-state index contributed by atoms with van der Waals surface area (Å²) in [5, 5.41) is -0.390. The van der Waals surface area contributed by atoms with Crippen molar-refractivity contribution in [2.24, 2.45) is 0 Å². The molecule has 1 aliphatic rings. The number of aryl methyl sites for hydroxylation is 1. The number of aromatic nitrogens is 1. The van der Waals surface area contributed by atoms with E-state index in [-0.39, 0.29) is 17.5 Å². The molecule has 0 saturated carbocycles. The summed E-state index contributed by atoms with van der Waals surface area (Å²) < 4.78 is 13.1. The maximum absolute atomic E-state index is 12.9. The van der Waals surface area contributed by atoms with Gasteiger partial charge in [0.05, 0.1) is 18.6 Å². The molecule has 1 aliphatic heterocycles. The Morgan fingerprint density at radius 3 is 2.56 bits per heavy atom. The van der Waals surface area contributed by atoms with E-state index in [0.717, 1.165) is 43.8 Å². The van der Waals surface area contributed by atoms with Crippen LogP contribution in [-0.4, -0.2) is 33.7 Å². The van der Waals surface area contributed by atoms with Crippen molar-refractivity contribution in [3.05, 3.63) is 80.3 Å². The zero-order valence-corrected chi connectivity index (χ0v) is 20.0. The number of hydrogen-bond donors (Lipinski definition) is 0. The Bertz CT molecular complexity index is 1260. The van der Waals surface area contributed by atoms with Gasteiger partial charge in [-0.1, -0.05) is 15.9 Å². The summed E-state index contributed by atoms with van der Waals surface area (Å²) in [6.07, 6.45) is 1.74. The predicted octanol–water partition coefficient (Wildman–Crippen LogP) is 5.47. The number of nitrogens with zero attached hydrogens (tertiary/aromatic N) is 2. The number of esters is 1. The van der Waals surface area contributed by atoms with E-state index in [0.29, 0.717) is 10.7 Å². The van der Waals surface area contributed by atoms with Gasteiger partial charge in [-0.25, -0.2) is 4.79 Å². The maximum Gasteiger partial charge on any atom is 0.373 e. The first-order valence-electron chi connectivity index (χ1n) is 9.65. The van der Waals surface area contributed by atoms with Gasteiger partial charge in [-0.15, -0.1) is 0 Å². The minimum atomic E-state index is -0.619. The summed E-state index contributed by atoms with van der Waals surface area (Å²) in [6, 6.07) is 12.9. The lowest BCUT2D eigenvalue weighted by molar-refractivity contribution is -0.123. The van der Waals surface area contributed by atoms with E-state index in [9.17, 15) is 14.4 Å². The topological polar surface area (TPSA) is 81.8 Å². The molecule has 164 valence electrons. The zero-order valence-electron chi connectivity index (χ0n) is 17.5. The number of carbonyl (C=O) groups excluding carboxylic acids is 3. The fourth-order valence-electron chi connectivity index (χ4n) is 3.53. The van der Waals surface area contributed by atoms with Crippen LogP contribution >= 0.6 is 27.7 Å². The van der Waals surface area contributed by atoms with Crippen LogP contribution in [0.1, 0.15) is 33.3 Å². The van der Waals surface area contributed by atoms with Crippen LogP contribution in [0.5, 0.6) is 0 Å². The van der Waals surface area contributed by atoms with E-state index in [4.69, 9.17) is 4.42 Å². The highest BCUT2D eigenvalue weighted by Crippen LogP contribution is 2.35. The summed E-state index contributed by atoms with van der Waals surface area (Å²) in [5.74, 6) is -0.677. The number of benzene rings is 1. The van der Waals surface area contributed by atoms with Crippen LogP contribution in [-0.2, 0) is 16.1 Å². The molecule has 1 aromatic carbocycles. The number of carbonyl (C=O) groups is 3. The number of hydrogen-bond acceptors (Lipinski definition) is 6. The molecule has 3 heterocycles. The predicted molar refractivity (Wildman–Crippen MR) is 125 cm³/mol. The summed E-state index contributed by atoms with van der Waals surface area (Å²) in [6.45, 7) is 3.91. The van der Waals surface area contributed by atoms with E-state index in [1.54, 1.807) is 12.1 Å². The lowest BCUT2D eigenvalue weighted by Crippen LogP contribution is -2.27. The molecule has 0 N–H and O–H groups in total. The van der Waals surface area contributed by atoms with E-state index in [2.05, 4.69) is 25.2 Å². The Balaban J connectivity index is 1.58. The molecule has 9 heteroatoms. The van der Waals surface area contributed by atoms with Gasteiger partial charge in [0.2, 0.25) is 5.76 Å². The third kappa shape index (κ3) is 4.18. The lowest BCUT2D eigenvalue weighted by Gasteiger charge is -2.10. The van der Waals surface area contributed by atoms with Crippen molar-refractivity contribution in [1.82, 2.24) is 9.47 Å². The van der Waals surface area contributed by atoms with Crippen molar-refractivity contribution in [2.75, 3.05) is 7.11 Å². The fraction of sp³-hybridized carbons (Fsp3) is 0.174. The van der Waals surface area contributed by atoms with Gasteiger partial charge >= 0.3 is 5.97 Å². The molecular weight excluding hydrogens is 496 g/mol. The first-order valence-corrected chi connectivity index (χ1v) is 11.3. The second-order valence-corrected chi connectivity index (χ2v) is 9.07. The van der Waals surface area contributed by atoms with Gasteiger partial charge in [0.15, 0.2) is 0 Å². The highest BCUT2D eigenvalue weighted by Gasteiger charge is 2.36. The average molecular weight is 515 g/mol. The molecule has 1 fully saturated rings. The van der Waals surface area contributed by atoms with Crippen LogP contribution < -0.4 is 0 Å². The number of imide groups is 1. The largest absolute Gasteiger partial charge is 0.463 e. The standard InChI is InChI=1S/C23H19BrN2O5S/c1-13-10-15(14(2)26(13)17-6-4-16(24)5-7-17)11-20-21(27)25(23(29)32-20)12-18-8-9-19(31-18)22(28)30-3/h4-11H,12H2,1-3H3/b20-11-. The number of ether oxygens (including phenoxy) is 1. The lowest BCUT2D eigenvalue weighted by atomic mass is 10.2. The first-order chi connectivity index (χ1) is 15.3. The van der Waals surface area contributed by atoms with Crippen LogP contribution in [0.25, 0.3) is 11.8 Å². The normalized spacial score (nSPS) is 15.1. The molecule has 2 amide bonds. The third-order valence-corrected chi connectivity index (χ3v) is 6.51. The molecule has 1 saturated heterocycles. The monoisotopic (exact) mass is 514 g/mol. The molecule has 0 radical (unpaired) electrons. The van der Waals surface area contributed by atoms with E-state index >= 15 is 0 Å². The van der Waals surface area contributed by atoms with Crippen molar-refractivity contribution in [3.63, 3.8) is 0 Å².